The van der Waals surface area contributed by atoms with Gasteiger partial charge in [-0.25, -0.2) is 0 Å². The molecule has 0 amide bonds. The van der Waals surface area contributed by atoms with Crippen LogP contribution in [0.1, 0.15) is 0 Å². The van der Waals surface area contributed by atoms with Crippen molar-refractivity contribution in [3.63, 3.8) is 0 Å². The first kappa shape index (κ1) is 5.56. The van der Waals surface area contributed by atoms with Crippen molar-refractivity contribution in [1.82, 2.24) is 0 Å². The Hall–Kier alpha value is -0.440. The summed E-state index contributed by atoms with van der Waals surface area (Å²) in [5, 5.41) is 7.77. The van der Waals surface area contributed by atoms with Crippen LogP contribution in [0, 0.1) is 5.41 Å². The second kappa shape index (κ2) is 2.78. The molecule has 0 aromatic carbocycles. The number of rotatable bonds is 1. The summed E-state index contributed by atoms with van der Waals surface area (Å²) in [6.45, 7) is 0. The molecule has 0 saturated carbocycles. The lowest BCUT2D eigenvalue weighted by molar-refractivity contribution is 0.409. The van der Waals surface area contributed by atoms with Crippen molar-refractivity contribution in [3.05, 3.63) is 0 Å². The number of hydrogen-bond donors (Lipinski definition) is 1. The Balaban J connectivity index is 3.23. The van der Waals surface area contributed by atoms with E-state index in [1.54, 1.807) is 0 Å². The first-order valence-electron chi connectivity index (χ1n) is 1.39. The summed E-state index contributed by atoms with van der Waals surface area (Å²) in [6, 6.07) is 0. The van der Waals surface area contributed by atoms with Gasteiger partial charge in [0, 0.05) is 0 Å². The summed E-state index contributed by atoms with van der Waals surface area (Å²) in [6.07, 6.45) is 0. The van der Waals surface area contributed by atoms with E-state index in [2.05, 4.69) is 17.0 Å². The van der Waals surface area contributed by atoms with Crippen LogP contribution in [0.4, 0.5) is 0 Å². The minimum atomic E-state index is 0.0324. The molecule has 2 nitrogen and oxygen atoms in total. The van der Waals surface area contributed by atoms with Crippen molar-refractivity contribution in [2.75, 3.05) is 7.11 Å². The molecule has 0 fully saturated rings. The molecule has 1 N–H and O–H groups in total. The first-order valence-corrected chi connectivity index (χ1v) is 1.86. The average molecular weight is 103 g/mol. The highest BCUT2D eigenvalue weighted by molar-refractivity contribution is 7.80. The van der Waals surface area contributed by atoms with E-state index in [4.69, 9.17) is 5.41 Å². The molecule has 6 heavy (non-hydrogen) atoms. The molecule has 0 radical (unpaired) electrons. The quantitative estimate of drug-likeness (QED) is 0.299. The van der Waals surface area contributed by atoms with Gasteiger partial charge < -0.3 is 4.74 Å². The summed E-state index contributed by atoms with van der Waals surface area (Å²) in [5.41, 5.74) is 0. The molecule has 0 saturated heterocycles. The molecule has 0 atom stereocenters. The third-order valence-electron chi connectivity index (χ3n) is 0.327. The zero-order chi connectivity index (χ0) is 4.99. The van der Waals surface area contributed by atoms with Gasteiger partial charge in [0.25, 0.3) is 0 Å². The highest BCUT2D eigenvalue weighted by Crippen LogP contribution is 1.63. The molecule has 34 valence electrons. The highest BCUT2D eigenvalue weighted by Gasteiger charge is 1.77. The lowest BCUT2D eigenvalue weighted by Crippen LogP contribution is -1.96. The number of thiocarbonyl (C=S) groups is 1. The predicted octanol–water partition coefficient (Wildman–Crippen LogP) is 0.610. The molecule has 0 bridgehead atoms. The maximum absolute atomic E-state index is 6.60. The molecule has 0 aromatic heterocycles. The molecule has 0 spiro atoms. The lowest BCUT2D eigenvalue weighted by atomic mass is 10.8. The molecule has 0 aromatic rings. The van der Waals surface area contributed by atoms with Crippen molar-refractivity contribution in [2.24, 2.45) is 0 Å². The van der Waals surface area contributed by atoms with Gasteiger partial charge >= 0.3 is 0 Å². The summed E-state index contributed by atoms with van der Waals surface area (Å²) < 4.78 is 4.32. The van der Waals surface area contributed by atoms with Crippen LogP contribution in [-0.2, 0) is 4.74 Å². The zero-order valence-corrected chi connectivity index (χ0v) is 4.21. The van der Waals surface area contributed by atoms with Gasteiger partial charge in [-0.3, -0.25) is 5.41 Å². The Morgan fingerprint density at radius 2 is 2.50 bits per heavy atom. The minimum absolute atomic E-state index is 0.0324. The van der Waals surface area contributed by atoms with Gasteiger partial charge in [-0.1, -0.05) is 12.2 Å². The van der Waals surface area contributed by atoms with Crippen molar-refractivity contribution >= 4 is 23.5 Å². The van der Waals surface area contributed by atoms with E-state index in [-0.39, 0.29) is 5.90 Å². The molecule has 0 aliphatic rings. The van der Waals surface area contributed by atoms with Gasteiger partial charge in [-0.05, 0) is 0 Å². The van der Waals surface area contributed by atoms with E-state index in [9.17, 15) is 0 Å². The van der Waals surface area contributed by atoms with Gasteiger partial charge in [-0.2, -0.15) is 0 Å². The monoisotopic (exact) mass is 103 g/mol. The third kappa shape index (κ3) is 1.84. The maximum atomic E-state index is 6.60. The molecule has 0 heterocycles. The minimum Gasteiger partial charge on any atom is -0.481 e. The van der Waals surface area contributed by atoms with Crippen LogP contribution >= 0.6 is 12.2 Å². The average Bonchev–Trinajstić information content (AvgIpc) is 1.65. The molecule has 0 aliphatic carbocycles. The molecular weight excluding hydrogens is 98.1 g/mol. The summed E-state index contributed by atoms with van der Waals surface area (Å²) >= 11 is 4.30. The highest BCUT2D eigenvalue weighted by atomic mass is 32.1. The van der Waals surface area contributed by atoms with E-state index < -0.39 is 0 Å². The van der Waals surface area contributed by atoms with Gasteiger partial charge in [0.2, 0.25) is 5.90 Å². The molecule has 3 heteroatoms. The number of methoxy groups -OCH3 is 1. The second-order valence-electron chi connectivity index (χ2n) is 0.686. The van der Waals surface area contributed by atoms with Crippen LogP contribution < -0.4 is 0 Å². The van der Waals surface area contributed by atoms with Gasteiger partial charge in [0.15, 0.2) is 0 Å². The van der Waals surface area contributed by atoms with E-state index >= 15 is 0 Å². The van der Waals surface area contributed by atoms with Gasteiger partial charge in [0.1, 0.15) is 0 Å². The molecule has 0 unspecified atom stereocenters. The Morgan fingerprint density at radius 1 is 2.00 bits per heavy atom. The fourth-order valence-electron chi connectivity index (χ4n) is 0.0481. The second-order valence-corrected chi connectivity index (χ2v) is 0.922. The molecule has 0 aliphatic heterocycles. The summed E-state index contributed by atoms with van der Waals surface area (Å²) in [4.78, 5) is 0. The lowest BCUT2D eigenvalue weighted by Gasteiger charge is -1.86. The smallest absolute Gasteiger partial charge is 0.216 e. The van der Waals surface area contributed by atoms with Gasteiger partial charge in [-0.15, -0.1) is 0 Å². The topological polar surface area (TPSA) is 33.1 Å². The van der Waals surface area contributed by atoms with E-state index in [0.29, 0.717) is 0 Å². The fourth-order valence-corrected chi connectivity index (χ4v) is 0.144. The van der Waals surface area contributed by atoms with Gasteiger partial charge in [0.05, 0.1) is 12.5 Å². The molecular formula is C3H5NOS. The molecule has 0 rings (SSSR count). The first-order chi connectivity index (χ1) is 2.81. The van der Waals surface area contributed by atoms with Crippen molar-refractivity contribution < 1.29 is 4.74 Å². The zero-order valence-electron chi connectivity index (χ0n) is 3.39. The van der Waals surface area contributed by atoms with E-state index in [1.165, 1.54) is 12.5 Å². The number of ether oxygens (including phenoxy) is 1. The predicted molar refractivity (Wildman–Crippen MR) is 28.4 cm³/mol. The standard InChI is InChI=1S/C3H5NOS/c1-5-3(4)2-6/h2,4H,1H3. The number of hydrogen-bond acceptors (Lipinski definition) is 3. The Bertz CT molecular complexity index is 71.2. The Morgan fingerprint density at radius 3 is 2.50 bits per heavy atom. The Labute approximate surface area is 41.6 Å². The number of nitrogens with one attached hydrogen (secondary N) is 1. The van der Waals surface area contributed by atoms with Crippen LogP contribution in [0.3, 0.4) is 0 Å². The summed E-state index contributed by atoms with van der Waals surface area (Å²) in [7, 11) is 1.41. The third-order valence-corrected chi connectivity index (χ3v) is 0.541. The normalized spacial score (nSPS) is 6.83. The maximum Gasteiger partial charge on any atom is 0.216 e. The fraction of sp³-hybridized carbons (Fsp3) is 0.333. The largest absolute Gasteiger partial charge is 0.481 e. The van der Waals surface area contributed by atoms with Crippen molar-refractivity contribution in [3.8, 4) is 0 Å². The van der Waals surface area contributed by atoms with Crippen LogP contribution in [0.15, 0.2) is 0 Å². The van der Waals surface area contributed by atoms with E-state index in [1.807, 2.05) is 0 Å². The van der Waals surface area contributed by atoms with Crippen molar-refractivity contribution in [1.29, 1.82) is 5.41 Å². The van der Waals surface area contributed by atoms with Crippen LogP contribution in [0.2, 0.25) is 0 Å². The SMILES string of the molecule is COC(=N)C=S. The van der Waals surface area contributed by atoms with E-state index in [0.717, 1.165) is 0 Å². The van der Waals surface area contributed by atoms with Crippen LogP contribution in [0.25, 0.3) is 0 Å². The Kier molecular flexibility index (Phi) is 2.58. The van der Waals surface area contributed by atoms with Crippen molar-refractivity contribution in [2.45, 2.75) is 0 Å². The van der Waals surface area contributed by atoms with Crippen LogP contribution in [-0.4, -0.2) is 18.4 Å². The summed E-state index contributed by atoms with van der Waals surface area (Å²) in [5.74, 6) is 0.0324. The van der Waals surface area contributed by atoms with Crippen LogP contribution in [0.5, 0.6) is 0 Å².